The van der Waals surface area contributed by atoms with E-state index in [1.165, 1.54) is 5.57 Å². The van der Waals surface area contributed by atoms with E-state index in [-0.39, 0.29) is 11.7 Å². The van der Waals surface area contributed by atoms with Crippen LogP contribution >= 0.6 is 11.8 Å². The van der Waals surface area contributed by atoms with Crippen molar-refractivity contribution in [1.82, 2.24) is 0 Å². The maximum Gasteiger partial charge on any atom is 0.165 e. The summed E-state index contributed by atoms with van der Waals surface area (Å²) in [7, 11) is 0. The van der Waals surface area contributed by atoms with E-state index in [4.69, 9.17) is 6.58 Å². The van der Waals surface area contributed by atoms with Gasteiger partial charge in [0.25, 0.3) is 0 Å². The molecule has 1 atom stereocenters. The summed E-state index contributed by atoms with van der Waals surface area (Å²) in [4.78, 5) is 11.5. The van der Waals surface area contributed by atoms with Gasteiger partial charge in [-0.2, -0.15) is 0 Å². The third-order valence-corrected chi connectivity index (χ3v) is 3.25. The number of ketones is 1. The van der Waals surface area contributed by atoms with Crippen molar-refractivity contribution in [3.63, 3.8) is 0 Å². The Morgan fingerprint density at radius 1 is 1.62 bits per heavy atom. The maximum absolute atomic E-state index is 11.5. The fourth-order valence-corrected chi connectivity index (χ4v) is 2.40. The summed E-state index contributed by atoms with van der Waals surface area (Å²) >= 11 is 1.77. The predicted molar refractivity (Wildman–Crippen MR) is 55.2 cm³/mol. The third kappa shape index (κ3) is 1.78. The summed E-state index contributed by atoms with van der Waals surface area (Å²) < 4.78 is 0. The van der Waals surface area contributed by atoms with Crippen LogP contribution in [0.3, 0.4) is 0 Å². The first-order valence-electron chi connectivity index (χ1n) is 4.42. The molecule has 67 valence electrons. The van der Waals surface area contributed by atoms with Crippen LogP contribution in [0, 0.1) is 12.5 Å². The topological polar surface area (TPSA) is 17.1 Å². The van der Waals surface area contributed by atoms with E-state index in [0.717, 1.165) is 18.6 Å². The van der Waals surface area contributed by atoms with Crippen LogP contribution in [0.2, 0.25) is 0 Å². The Morgan fingerprint density at radius 2 is 2.46 bits per heavy atom. The zero-order valence-electron chi connectivity index (χ0n) is 7.32. The molecule has 2 heteroatoms. The van der Waals surface area contributed by atoms with E-state index in [9.17, 15) is 4.79 Å². The molecular weight excluding hydrogens is 180 g/mol. The quantitative estimate of drug-likeness (QED) is 0.592. The van der Waals surface area contributed by atoms with Gasteiger partial charge in [0.1, 0.15) is 0 Å². The second kappa shape index (κ2) is 3.54. The van der Waals surface area contributed by atoms with Gasteiger partial charge in [-0.15, -0.1) is 11.8 Å². The van der Waals surface area contributed by atoms with E-state index >= 15 is 0 Å². The van der Waals surface area contributed by atoms with Crippen LogP contribution in [0.5, 0.6) is 0 Å². The number of thioether (sulfide) groups is 1. The van der Waals surface area contributed by atoms with Crippen LogP contribution in [-0.4, -0.2) is 11.5 Å². The summed E-state index contributed by atoms with van der Waals surface area (Å²) in [6.45, 7) is 5.56. The molecule has 1 aliphatic heterocycles. The Kier molecular flexibility index (Phi) is 2.40. The summed E-state index contributed by atoms with van der Waals surface area (Å²) in [5.74, 6) is 1.19. The smallest absolute Gasteiger partial charge is 0.165 e. The lowest BCUT2D eigenvalue weighted by atomic mass is 10.0. The van der Waals surface area contributed by atoms with Crippen LogP contribution in [0.1, 0.15) is 12.8 Å². The number of hydrogen-bond donors (Lipinski definition) is 0. The van der Waals surface area contributed by atoms with E-state index in [1.807, 2.05) is 0 Å². The minimum Gasteiger partial charge on any atom is -0.294 e. The summed E-state index contributed by atoms with van der Waals surface area (Å²) in [6.07, 6.45) is 5.81. The lowest BCUT2D eigenvalue weighted by Gasteiger charge is -2.01. The molecule has 1 nitrogen and oxygen atoms in total. The number of hydrogen-bond acceptors (Lipinski definition) is 2. The molecule has 0 saturated heterocycles. The van der Waals surface area contributed by atoms with Crippen molar-refractivity contribution in [1.29, 1.82) is 0 Å². The van der Waals surface area contributed by atoms with Crippen molar-refractivity contribution in [2.45, 2.75) is 12.8 Å². The molecule has 1 heterocycles. The minimum absolute atomic E-state index is 0.0540. The summed E-state index contributed by atoms with van der Waals surface area (Å²) in [5.41, 5.74) is 1.81. The molecule has 0 aromatic heterocycles. The molecule has 0 N–H and O–H groups in total. The van der Waals surface area contributed by atoms with Gasteiger partial charge < -0.3 is 0 Å². The number of carbonyl (C=O) groups is 1. The van der Waals surface area contributed by atoms with Crippen molar-refractivity contribution < 1.29 is 4.79 Å². The van der Waals surface area contributed by atoms with Gasteiger partial charge in [0, 0.05) is 11.7 Å². The van der Waals surface area contributed by atoms with Crippen LogP contribution in [-0.2, 0) is 4.79 Å². The summed E-state index contributed by atoms with van der Waals surface area (Å²) in [6, 6.07) is 0. The minimum atomic E-state index is 0.0540. The first-order chi connectivity index (χ1) is 6.27. The molecule has 1 unspecified atom stereocenters. The van der Waals surface area contributed by atoms with Crippen LogP contribution < -0.4 is 0 Å². The molecule has 1 fully saturated rings. The first-order valence-corrected chi connectivity index (χ1v) is 5.46. The van der Waals surface area contributed by atoms with Gasteiger partial charge in [0.15, 0.2) is 5.78 Å². The lowest BCUT2D eigenvalue weighted by Crippen LogP contribution is -2.04. The molecule has 13 heavy (non-hydrogen) atoms. The molecule has 1 radical (unpaired) electrons. The first kappa shape index (κ1) is 8.82. The molecule has 2 rings (SSSR count). The van der Waals surface area contributed by atoms with E-state index in [1.54, 1.807) is 11.8 Å². The van der Waals surface area contributed by atoms with Gasteiger partial charge in [0.05, 0.1) is 0 Å². The largest absolute Gasteiger partial charge is 0.294 e. The molecule has 1 saturated carbocycles. The molecule has 1 aliphatic carbocycles. The van der Waals surface area contributed by atoms with Crippen LogP contribution in [0.25, 0.3) is 0 Å². The van der Waals surface area contributed by atoms with Gasteiger partial charge in [-0.25, -0.2) is 0 Å². The second-order valence-corrected chi connectivity index (χ2v) is 4.28. The standard InChI is InChI=1S/C11H11OS/c1-8-2-3-10(11(8)12)6-9-4-5-13-7-9/h1,4-6,10H,2-3,7H2. The van der Waals surface area contributed by atoms with Crippen molar-refractivity contribution in [3.05, 3.63) is 35.3 Å². The molecular formula is C11H11OS. The molecule has 0 amide bonds. The second-order valence-electron chi connectivity index (χ2n) is 3.39. The average Bonchev–Trinajstić information content (AvgIpc) is 2.71. The molecule has 0 aromatic rings. The number of rotatable bonds is 1. The fraction of sp³-hybridized carbons (Fsp3) is 0.364. The van der Waals surface area contributed by atoms with E-state index in [2.05, 4.69) is 17.6 Å². The van der Waals surface area contributed by atoms with Gasteiger partial charge in [0.2, 0.25) is 0 Å². The highest BCUT2D eigenvalue weighted by Gasteiger charge is 2.26. The summed E-state index contributed by atoms with van der Waals surface area (Å²) in [5, 5.41) is 2.07. The predicted octanol–water partition coefficient (Wildman–Crippen LogP) is 2.51. The average molecular weight is 191 g/mol. The van der Waals surface area contributed by atoms with Crippen molar-refractivity contribution >= 4 is 17.5 Å². The lowest BCUT2D eigenvalue weighted by molar-refractivity contribution is -0.116. The normalized spacial score (nSPS) is 30.8. The van der Waals surface area contributed by atoms with E-state index in [0.29, 0.717) is 5.57 Å². The number of carbonyl (C=O) groups excluding carboxylic acids is 1. The van der Waals surface area contributed by atoms with Gasteiger partial charge in [-0.1, -0.05) is 18.7 Å². The number of Topliss-reactive ketones (excluding diaryl/α,β-unsaturated/α-hetero) is 1. The van der Waals surface area contributed by atoms with Crippen LogP contribution in [0.4, 0.5) is 0 Å². The maximum atomic E-state index is 11.5. The zero-order valence-corrected chi connectivity index (χ0v) is 8.14. The van der Waals surface area contributed by atoms with Gasteiger partial charge >= 0.3 is 0 Å². The highest BCUT2D eigenvalue weighted by molar-refractivity contribution is 8.02. The van der Waals surface area contributed by atoms with Crippen molar-refractivity contribution in [2.75, 3.05) is 5.75 Å². The van der Waals surface area contributed by atoms with Gasteiger partial charge in [-0.3, -0.25) is 4.79 Å². The van der Waals surface area contributed by atoms with E-state index < -0.39 is 0 Å². The van der Waals surface area contributed by atoms with Crippen molar-refractivity contribution in [2.24, 2.45) is 5.92 Å². The Bertz CT molecular complexity index is 312. The molecule has 0 aromatic carbocycles. The number of allylic oxidation sites excluding steroid dienone is 3. The highest BCUT2D eigenvalue weighted by atomic mass is 32.2. The highest BCUT2D eigenvalue weighted by Crippen LogP contribution is 2.29. The Balaban J connectivity index is 2.10. The van der Waals surface area contributed by atoms with Gasteiger partial charge in [-0.05, 0) is 29.4 Å². The fourth-order valence-electron chi connectivity index (χ4n) is 1.65. The Labute approximate surface area is 82.6 Å². The third-order valence-electron chi connectivity index (χ3n) is 2.42. The van der Waals surface area contributed by atoms with Crippen molar-refractivity contribution in [3.8, 4) is 0 Å². The Hall–Kier alpha value is -0.760. The zero-order chi connectivity index (χ0) is 9.26. The molecule has 0 spiro atoms. The molecule has 0 bridgehead atoms. The monoisotopic (exact) mass is 191 g/mol. The SMILES string of the molecule is [CH]=C1CCC(C=C2C=CSC2)C1=O. The van der Waals surface area contributed by atoms with Crippen LogP contribution in [0.15, 0.2) is 28.7 Å². The Morgan fingerprint density at radius 3 is 3.00 bits per heavy atom. The molecule has 2 aliphatic rings.